The number of nitrogens with zero attached hydrogens (tertiary/aromatic N) is 1. The zero-order valence-electron chi connectivity index (χ0n) is 19.8. The highest BCUT2D eigenvalue weighted by Gasteiger charge is 2.30. The maximum absolute atomic E-state index is 14.0. The molecule has 0 heterocycles. The maximum atomic E-state index is 14.0. The van der Waals surface area contributed by atoms with Crippen LogP contribution in [0.5, 0.6) is 5.75 Å². The largest absolute Gasteiger partial charge is 0.481 e. The molecule has 0 unspecified atom stereocenters. The van der Waals surface area contributed by atoms with E-state index in [0.717, 1.165) is 24.0 Å². The second kappa shape index (κ2) is 13.5. The van der Waals surface area contributed by atoms with Gasteiger partial charge in [-0.15, -0.1) is 0 Å². The van der Waals surface area contributed by atoms with Gasteiger partial charge in [-0.3, -0.25) is 9.59 Å². The monoisotopic (exact) mass is 496 g/mol. The second-order valence-corrected chi connectivity index (χ2v) is 8.65. The molecule has 0 fully saturated rings. The van der Waals surface area contributed by atoms with Crippen molar-refractivity contribution >= 4 is 23.4 Å². The number of ether oxygens (including phenoxy) is 1. The van der Waals surface area contributed by atoms with E-state index in [1.807, 2.05) is 49.4 Å². The zero-order valence-corrected chi connectivity index (χ0v) is 20.5. The lowest BCUT2D eigenvalue weighted by molar-refractivity contribution is -0.142. The number of rotatable bonds is 12. The number of hydrogen-bond acceptors (Lipinski definition) is 3. The van der Waals surface area contributed by atoms with Gasteiger partial charge in [0, 0.05) is 24.5 Å². The van der Waals surface area contributed by atoms with Crippen molar-refractivity contribution in [3.05, 3.63) is 101 Å². The number of unbranched alkanes of at least 4 members (excludes halogenated alkanes) is 1. The average molecular weight is 497 g/mol. The van der Waals surface area contributed by atoms with Crippen molar-refractivity contribution in [2.75, 3.05) is 13.2 Å². The summed E-state index contributed by atoms with van der Waals surface area (Å²) in [6.45, 7) is 2.34. The van der Waals surface area contributed by atoms with Crippen LogP contribution in [0, 0.1) is 5.82 Å². The third-order valence-corrected chi connectivity index (χ3v) is 5.81. The lowest BCUT2D eigenvalue weighted by atomic mass is 10.0. The Kier molecular flexibility index (Phi) is 10.1. The van der Waals surface area contributed by atoms with Gasteiger partial charge in [0.15, 0.2) is 18.2 Å². The summed E-state index contributed by atoms with van der Waals surface area (Å²) in [7, 11) is 0. The molecule has 5 nitrogen and oxygen atoms in total. The number of nitrogens with one attached hydrogen (secondary N) is 1. The molecule has 3 rings (SSSR count). The first-order valence-corrected chi connectivity index (χ1v) is 12.1. The first-order chi connectivity index (χ1) is 17.0. The molecule has 0 aromatic heterocycles. The first-order valence-electron chi connectivity index (χ1n) is 11.7. The number of para-hydroxylation sites is 1. The molecule has 1 atom stereocenters. The van der Waals surface area contributed by atoms with Crippen molar-refractivity contribution in [3.8, 4) is 5.75 Å². The number of benzene rings is 3. The molecule has 0 aliphatic heterocycles. The first kappa shape index (κ1) is 26.2. The summed E-state index contributed by atoms with van der Waals surface area (Å²) in [4.78, 5) is 28.3. The molecular weight excluding hydrogens is 467 g/mol. The Labute approximate surface area is 210 Å². The smallest absolute Gasteiger partial charge is 0.261 e. The molecule has 0 saturated heterocycles. The minimum absolute atomic E-state index is 0.0145. The number of halogens is 2. The van der Waals surface area contributed by atoms with Crippen molar-refractivity contribution < 1.29 is 18.7 Å². The fourth-order valence-corrected chi connectivity index (χ4v) is 3.76. The lowest BCUT2D eigenvalue weighted by Crippen LogP contribution is -2.51. The Hall–Kier alpha value is -3.38. The third kappa shape index (κ3) is 8.11. The van der Waals surface area contributed by atoms with Crippen LogP contribution < -0.4 is 10.1 Å². The van der Waals surface area contributed by atoms with E-state index in [1.54, 1.807) is 24.3 Å². The Morgan fingerprint density at radius 3 is 2.34 bits per heavy atom. The van der Waals surface area contributed by atoms with Crippen LogP contribution in [0.25, 0.3) is 0 Å². The van der Waals surface area contributed by atoms with Crippen LogP contribution in [-0.2, 0) is 22.6 Å². The summed E-state index contributed by atoms with van der Waals surface area (Å²) < 4.78 is 19.5. The van der Waals surface area contributed by atoms with Crippen LogP contribution in [0.15, 0.2) is 78.9 Å². The fraction of sp³-hybridized carbons (Fsp3) is 0.286. The van der Waals surface area contributed by atoms with E-state index >= 15 is 0 Å². The van der Waals surface area contributed by atoms with Gasteiger partial charge in [0.25, 0.3) is 5.91 Å². The maximum Gasteiger partial charge on any atom is 0.261 e. The van der Waals surface area contributed by atoms with Crippen LogP contribution in [0.4, 0.5) is 4.39 Å². The molecule has 35 heavy (non-hydrogen) atoms. The molecule has 7 heteroatoms. The van der Waals surface area contributed by atoms with E-state index < -0.39 is 24.4 Å². The molecule has 184 valence electrons. The molecular formula is C28H30ClFN2O3. The molecule has 3 aromatic rings. The van der Waals surface area contributed by atoms with Gasteiger partial charge in [-0.2, -0.15) is 0 Å². The predicted molar refractivity (Wildman–Crippen MR) is 136 cm³/mol. The van der Waals surface area contributed by atoms with Gasteiger partial charge < -0.3 is 15.0 Å². The van der Waals surface area contributed by atoms with Crippen molar-refractivity contribution in [2.45, 2.75) is 38.8 Å². The van der Waals surface area contributed by atoms with Gasteiger partial charge in [-0.05, 0) is 41.8 Å². The summed E-state index contributed by atoms with van der Waals surface area (Å²) in [6, 6.07) is 21.8. The van der Waals surface area contributed by atoms with E-state index in [2.05, 4.69) is 5.32 Å². The van der Waals surface area contributed by atoms with E-state index in [-0.39, 0.29) is 18.2 Å². The minimum Gasteiger partial charge on any atom is -0.481 e. The summed E-state index contributed by atoms with van der Waals surface area (Å²) >= 11 is 6.03. The van der Waals surface area contributed by atoms with E-state index in [9.17, 15) is 14.0 Å². The highest BCUT2D eigenvalue weighted by Crippen LogP contribution is 2.19. The van der Waals surface area contributed by atoms with E-state index in [0.29, 0.717) is 18.0 Å². The highest BCUT2D eigenvalue weighted by atomic mass is 35.5. The van der Waals surface area contributed by atoms with Crippen LogP contribution in [0.1, 0.15) is 30.9 Å². The van der Waals surface area contributed by atoms with Crippen LogP contribution in [0.3, 0.4) is 0 Å². The number of carbonyl (C=O) groups is 2. The van der Waals surface area contributed by atoms with E-state index in [4.69, 9.17) is 16.3 Å². The molecule has 0 saturated carbocycles. The fourth-order valence-electron chi connectivity index (χ4n) is 3.63. The molecule has 0 aliphatic carbocycles. The number of carbonyl (C=O) groups excluding carboxylic acids is 2. The normalized spacial score (nSPS) is 11.5. The molecule has 2 amide bonds. The van der Waals surface area contributed by atoms with Crippen LogP contribution in [0.2, 0.25) is 5.02 Å². The van der Waals surface area contributed by atoms with Crippen molar-refractivity contribution in [1.82, 2.24) is 10.2 Å². The van der Waals surface area contributed by atoms with Crippen LogP contribution in [-0.4, -0.2) is 35.9 Å². The molecule has 3 aromatic carbocycles. The topological polar surface area (TPSA) is 58.6 Å². The van der Waals surface area contributed by atoms with E-state index in [1.165, 1.54) is 17.0 Å². The highest BCUT2D eigenvalue weighted by molar-refractivity contribution is 6.30. The third-order valence-electron chi connectivity index (χ3n) is 5.55. The summed E-state index contributed by atoms with van der Waals surface area (Å²) in [5.41, 5.74) is 1.74. The standard InChI is InChI=1S/C28H30ClFN2O3/c1-2-3-17-31-28(34)25(18-21-9-5-4-6-10-21)32(19-22-13-15-23(29)16-14-22)27(33)20-35-26-12-8-7-11-24(26)30/h4-16,25H,2-3,17-20H2,1H3,(H,31,34)/t25-/m1/s1. The van der Waals surface area contributed by atoms with Gasteiger partial charge in [0.1, 0.15) is 6.04 Å². The predicted octanol–water partition coefficient (Wildman–Crippen LogP) is 5.41. The SMILES string of the molecule is CCCCNC(=O)[C@@H](Cc1ccccc1)N(Cc1ccc(Cl)cc1)C(=O)COc1ccccc1F. The van der Waals surface area contributed by atoms with Crippen molar-refractivity contribution in [2.24, 2.45) is 0 Å². The second-order valence-electron chi connectivity index (χ2n) is 8.22. The average Bonchev–Trinajstić information content (AvgIpc) is 2.87. The van der Waals surface area contributed by atoms with Gasteiger partial charge in [0.05, 0.1) is 0 Å². The van der Waals surface area contributed by atoms with Gasteiger partial charge in [-0.1, -0.05) is 79.5 Å². The lowest BCUT2D eigenvalue weighted by Gasteiger charge is -2.31. The molecule has 0 bridgehead atoms. The zero-order chi connectivity index (χ0) is 25.0. The Bertz CT molecular complexity index is 1090. The Morgan fingerprint density at radius 1 is 0.971 bits per heavy atom. The molecule has 0 aliphatic rings. The molecule has 1 N–H and O–H groups in total. The van der Waals surface area contributed by atoms with Gasteiger partial charge in [0.2, 0.25) is 5.91 Å². The molecule has 0 radical (unpaired) electrons. The number of hydrogen-bond donors (Lipinski definition) is 1. The van der Waals surface area contributed by atoms with Crippen molar-refractivity contribution in [1.29, 1.82) is 0 Å². The van der Waals surface area contributed by atoms with Gasteiger partial charge >= 0.3 is 0 Å². The van der Waals surface area contributed by atoms with Crippen LogP contribution >= 0.6 is 11.6 Å². The van der Waals surface area contributed by atoms with Gasteiger partial charge in [-0.25, -0.2) is 4.39 Å². The quantitative estimate of drug-likeness (QED) is 0.341. The number of amides is 2. The Morgan fingerprint density at radius 2 is 1.66 bits per heavy atom. The summed E-state index contributed by atoms with van der Waals surface area (Å²) in [5, 5.41) is 3.54. The summed E-state index contributed by atoms with van der Waals surface area (Å²) in [6.07, 6.45) is 2.11. The molecule has 0 spiro atoms. The summed E-state index contributed by atoms with van der Waals surface area (Å²) in [5.74, 6) is -1.23. The Balaban J connectivity index is 1.88. The van der Waals surface area contributed by atoms with Crippen molar-refractivity contribution in [3.63, 3.8) is 0 Å². The minimum atomic E-state index is -0.776.